The highest BCUT2D eigenvalue weighted by Crippen LogP contribution is 2.32. The van der Waals surface area contributed by atoms with Crippen molar-refractivity contribution in [3.8, 4) is 0 Å². The molecule has 0 amide bonds. The average molecular weight is 548 g/mol. The van der Waals surface area contributed by atoms with Gasteiger partial charge in [0.2, 0.25) is 5.95 Å². The molecule has 4 heterocycles. The highest BCUT2D eigenvalue weighted by atomic mass is 19.1. The SMILES string of the molecule is Cc1c(F)c(=O)n(C2CCCC2)c2nc(Nc3ccc(N4CCC(CCCN5CCNCC5)CC4)cc3)ncc12. The van der Waals surface area contributed by atoms with Crippen molar-refractivity contribution in [1.29, 1.82) is 0 Å². The van der Waals surface area contributed by atoms with Gasteiger partial charge in [0.1, 0.15) is 5.65 Å². The Labute approximate surface area is 236 Å². The van der Waals surface area contributed by atoms with Gasteiger partial charge in [-0.15, -0.1) is 0 Å². The van der Waals surface area contributed by atoms with Gasteiger partial charge in [-0.2, -0.15) is 4.98 Å². The molecule has 0 radical (unpaired) electrons. The smallest absolute Gasteiger partial charge is 0.288 e. The van der Waals surface area contributed by atoms with Gasteiger partial charge in [-0.05, 0) is 82.2 Å². The predicted molar refractivity (Wildman–Crippen MR) is 159 cm³/mol. The third-order valence-electron chi connectivity index (χ3n) is 9.23. The van der Waals surface area contributed by atoms with Crippen molar-refractivity contribution < 1.29 is 4.39 Å². The number of nitrogens with zero attached hydrogens (tertiary/aromatic N) is 5. The highest BCUT2D eigenvalue weighted by molar-refractivity contribution is 5.79. The number of hydrogen-bond donors (Lipinski definition) is 2. The summed E-state index contributed by atoms with van der Waals surface area (Å²) in [7, 11) is 0. The first-order valence-electron chi connectivity index (χ1n) is 15.2. The quantitative estimate of drug-likeness (QED) is 0.411. The van der Waals surface area contributed by atoms with Crippen molar-refractivity contribution in [2.24, 2.45) is 5.92 Å². The zero-order valence-corrected chi connectivity index (χ0v) is 23.7. The summed E-state index contributed by atoms with van der Waals surface area (Å²) in [4.78, 5) is 27.1. The van der Waals surface area contributed by atoms with Crippen molar-refractivity contribution in [1.82, 2.24) is 24.8 Å². The van der Waals surface area contributed by atoms with Crippen molar-refractivity contribution in [3.05, 3.63) is 52.2 Å². The minimum Gasteiger partial charge on any atom is -0.372 e. The third-order valence-corrected chi connectivity index (χ3v) is 9.23. The Hall–Kier alpha value is -3.04. The number of pyridine rings is 1. The van der Waals surface area contributed by atoms with Crippen molar-refractivity contribution >= 4 is 28.4 Å². The average Bonchev–Trinajstić information content (AvgIpc) is 3.52. The Kier molecular flexibility index (Phi) is 8.30. The van der Waals surface area contributed by atoms with Gasteiger partial charge in [-0.25, -0.2) is 9.37 Å². The van der Waals surface area contributed by atoms with E-state index in [1.807, 2.05) is 0 Å². The van der Waals surface area contributed by atoms with Gasteiger partial charge in [-0.1, -0.05) is 12.8 Å². The Balaban J connectivity index is 1.07. The summed E-state index contributed by atoms with van der Waals surface area (Å²) in [5.74, 6) is 0.557. The van der Waals surface area contributed by atoms with Crippen LogP contribution in [0.25, 0.3) is 11.0 Å². The molecule has 2 N–H and O–H groups in total. The van der Waals surface area contributed by atoms with Crippen LogP contribution in [0.3, 0.4) is 0 Å². The van der Waals surface area contributed by atoms with Crippen molar-refractivity contribution in [2.75, 3.05) is 56.0 Å². The molecule has 1 aromatic carbocycles. The molecule has 1 aliphatic carbocycles. The maximum Gasteiger partial charge on any atom is 0.288 e. The number of fused-ring (bicyclic) bond motifs is 1. The Morgan fingerprint density at radius 2 is 1.75 bits per heavy atom. The van der Waals surface area contributed by atoms with Crippen LogP contribution in [-0.2, 0) is 0 Å². The number of rotatable bonds is 8. The second-order valence-electron chi connectivity index (χ2n) is 11.8. The second kappa shape index (κ2) is 12.2. The number of aryl methyl sites for hydroxylation is 1. The summed E-state index contributed by atoms with van der Waals surface area (Å²) in [5.41, 5.74) is 2.38. The molecular formula is C31H42FN7O. The number of aromatic nitrogens is 3. The van der Waals surface area contributed by atoms with E-state index in [1.54, 1.807) is 17.7 Å². The van der Waals surface area contributed by atoms with Crippen LogP contribution < -0.4 is 21.1 Å². The van der Waals surface area contributed by atoms with E-state index < -0.39 is 11.4 Å². The fourth-order valence-corrected chi connectivity index (χ4v) is 6.77. The highest BCUT2D eigenvalue weighted by Gasteiger charge is 2.25. The van der Waals surface area contributed by atoms with Crippen molar-refractivity contribution in [2.45, 2.75) is 64.3 Å². The molecule has 0 bridgehead atoms. The molecule has 0 spiro atoms. The molecule has 2 saturated heterocycles. The van der Waals surface area contributed by atoms with E-state index in [-0.39, 0.29) is 6.04 Å². The molecular weight excluding hydrogens is 505 g/mol. The maximum absolute atomic E-state index is 14.7. The van der Waals surface area contributed by atoms with Gasteiger partial charge in [0.05, 0.1) is 0 Å². The second-order valence-corrected chi connectivity index (χ2v) is 11.8. The molecule has 6 rings (SSSR count). The molecule has 8 nitrogen and oxygen atoms in total. The topological polar surface area (TPSA) is 78.3 Å². The summed E-state index contributed by atoms with van der Waals surface area (Å²) >= 11 is 0. The van der Waals surface area contributed by atoms with Crippen LogP contribution in [0.5, 0.6) is 0 Å². The lowest BCUT2D eigenvalue weighted by Gasteiger charge is -2.34. The first-order chi connectivity index (χ1) is 19.6. The van der Waals surface area contributed by atoms with Gasteiger partial charge < -0.3 is 20.4 Å². The van der Waals surface area contributed by atoms with Crippen LogP contribution in [0.15, 0.2) is 35.3 Å². The standard InChI is InChI=1S/C31H42FN7O/c1-22-27-21-34-31(36-29(27)39(30(40)28(22)32)26-6-2-3-7-26)35-24-8-10-25(11-9-24)38-17-12-23(13-18-38)5-4-16-37-19-14-33-15-20-37/h8-11,21,23,26,33H,2-7,12-20H2,1H3,(H,34,35,36). The summed E-state index contributed by atoms with van der Waals surface area (Å²) in [6.07, 6.45) is 10.6. The lowest BCUT2D eigenvalue weighted by atomic mass is 9.92. The van der Waals surface area contributed by atoms with Crippen LogP contribution in [0.4, 0.5) is 21.7 Å². The third kappa shape index (κ3) is 5.86. The zero-order chi connectivity index (χ0) is 27.5. The van der Waals surface area contributed by atoms with Gasteiger partial charge in [0.15, 0.2) is 5.82 Å². The molecule has 3 fully saturated rings. The molecule has 3 aliphatic rings. The van der Waals surface area contributed by atoms with E-state index in [2.05, 4.69) is 49.7 Å². The maximum atomic E-state index is 14.7. The summed E-state index contributed by atoms with van der Waals surface area (Å²) < 4.78 is 16.3. The van der Waals surface area contributed by atoms with Gasteiger partial charge in [0, 0.05) is 73.8 Å². The minimum atomic E-state index is -0.696. The van der Waals surface area contributed by atoms with Gasteiger partial charge in [0.25, 0.3) is 5.56 Å². The number of piperazine rings is 1. The fourth-order valence-electron chi connectivity index (χ4n) is 6.77. The molecule has 2 aliphatic heterocycles. The normalized spacial score (nSPS) is 19.5. The predicted octanol–water partition coefficient (Wildman–Crippen LogP) is 5.00. The summed E-state index contributed by atoms with van der Waals surface area (Å²) in [6, 6.07) is 8.41. The van der Waals surface area contributed by atoms with E-state index in [0.717, 1.165) is 63.5 Å². The van der Waals surface area contributed by atoms with E-state index >= 15 is 0 Å². The number of benzene rings is 1. The van der Waals surface area contributed by atoms with Crippen LogP contribution in [0.1, 0.15) is 63.0 Å². The number of piperidine rings is 1. The first-order valence-corrected chi connectivity index (χ1v) is 15.2. The Morgan fingerprint density at radius 1 is 1.02 bits per heavy atom. The minimum absolute atomic E-state index is 0.0107. The summed E-state index contributed by atoms with van der Waals surface area (Å²) in [6.45, 7) is 9.73. The zero-order valence-electron chi connectivity index (χ0n) is 23.7. The molecule has 0 atom stereocenters. The van der Waals surface area contributed by atoms with Gasteiger partial charge >= 0.3 is 0 Å². The number of nitrogens with one attached hydrogen (secondary N) is 2. The molecule has 214 valence electrons. The number of hydrogen-bond acceptors (Lipinski definition) is 7. The van der Waals surface area contributed by atoms with Crippen LogP contribution in [-0.4, -0.2) is 65.2 Å². The number of anilines is 3. The Morgan fingerprint density at radius 3 is 2.48 bits per heavy atom. The molecule has 2 aromatic heterocycles. The van der Waals surface area contributed by atoms with Crippen LogP contribution >= 0.6 is 0 Å². The lowest BCUT2D eigenvalue weighted by molar-refractivity contribution is 0.227. The molecule has 0 unspecified atom stereocenters. The van der Waals surface area contributed by atoms with E-state index in [0.29, 0.717) is 22.5 Å². The molecule has 40 heavy (non-hydrogen) atoms. The largest absolute Gasteiger partial charge is 0.372 e. The lowest BCUT2D eigenvalue weighted by Crippen LogP contribution is -2.43. The first kappa shape index (κ1) is 27.1. The molecule has 1 saturated carbocycles. The van der Waals surface area contributed by atoms with Gasteiger partial charge in [-0.3, -0.25) is 9.36 Å². The van der Waals surface area contributed by atoms with Crippen molar-refractivity contribution in [3.63, 3.8) is 0 Å². The molecule has 3 aromatic rings. The monoisotopic (exact) mass is 547 g/mol. The molecule has 9 heteroatoms. The fraction of sp³-hybridized carbons (Fsp3) is 0.581. The number of halogens is 1. The van der Waals surface area contributed by atoms with E-state index in [9.17, 15) is 9.18 Å². The van der Waals surface area contributed by atoms with Crippen LogP contribution in [0, 0.1) is 18.7 Å². The summed E-state index contributed by atoms with van der Waals surface area (Å²) in [5, 5.41) is 7.32. The Bertz CT molecular complexity index is 1350. The van der Waals surface area contributed by atoms with Crippen LogP contribution in [0.2, 0.25) is 0 Å². The van der Waals surface area contributed by atoms with E-state index in [4.69, 9.17) is 4.98 Å². The van der Waals surface area contributed by atoms with E-state index in [1.165, 1.54) is 51.0 Å².